The van der Waals surface area contributed by atoms with Crippen molar-refractivity contribution in [3.63, 3.8) is 0 Å². The maximum atomic E-state index is 10.8. The number of rotatable bonds is 8. The van der Waals surface area contributed by atoms with E-state index in [1.54, 1.807) is 0 Å². The normalized spacial score (nSPS) is 10.6. The van der Waals surface area contributed by atoms with Crippen LogP contribution in [0.4, 0.5) is 11.8 Å². The number of nitrogen functional groups attached to an aromatic ring is 1. The van der Waals surface area contributed by atoms with E-state index in [1.807, 2.05) is 31.2 Å². The molecule has 0 amide bonds. The average molecular weight is 328 g/mol. The Morgan fingerprint density at radius 3 is 2.50 bits per heavy atom. The van der Waals surface area contributed by atoms with Gasteiger partial charge in [0, 0.05) is 24.2 Å². The van der Waals surface area contributed by atoms with Crippen molar-refractivity contribution in [1.29, 1.82) is 0 Å². The molecule has 1 aromatic carbocycles. The van der Waals surface area contributed by atoms with E-state index in [-0.39, 0.29) is 12.4 Å². The number of aryl methyl sites for hydroxylation is 1. The summed E-state index contributed by atoms with van der Waals surface area (Å²) in [7, 11) is 0. The quantitative estimate of drug-likeness (QED) is 0.644. The summed E-state index contributed by atoms with van der Waals surface area (Å²) in [5.41, 5.74) is 9.52. The zero-order chi connectivity index (χ0) is 17.5. The summed E-state index contributed by atoms with van der Waals surface area (Å²) in [6, 6.07) is 7.59. The fourth-order valence-corrected chi connectivity index (χ4v) is 2.51. The van der Waals surface area contributed by atoms with E-state index in [1.165, 1.54) is 0 Å². The number of carboxylic acid groups (broad SMARTS) is 1. The van der Waals surface area contributed by atoms with Crippen LogP contribution in [-0.4, -0.2) is 27.6 Å². The highest BCUT2D eigenvalue weighted by molar-refractivity contribution is 5.70. The first kappa shape index (κ1) is 17.7. The number of aliphatic carboxylic acids is 1. The van der Waals surface area contributed by atoms with Crippen LogP contribution in [0.2, 0.25) is 0 Å². The van der Waals surface area contributed by atoms with Gasteiger partial charge in [-0.2, -0.15) is 4.98 Å². The number of nitrogens with zero attached hydrogens (tertiary/aromatic N) is 2. The molecule has 0 atom stereocenters. The molecule has 1 aromatic heterocycles. The molecule has 0 saturated heterocycles. The van der Waals surface area contributed by atoms with Crippen molar-refractivity contribution in [2.24, 2.45) is 0 Å². The minimum Gasteiger partial charge on any atom is -0.481 e. The summed E-state index contributed by atoms with van der Waals surface area (Å²) in [5, 5.41) is 12.2. The van der Waals surface area contributed by atoms with Gasteiger partial charge in [0.2, 0.25) is 5.95 Å². The van der Waals surface area contributed by atoms with Gasteiger partial charge in [-0.05, 0) is 24.5 Å². The Labute approximate surface area is 142 Å². The molecule has 0 spiro atoms. The average Bonchev–Trinajstić information content (AvgIpc) is 2.52. The summed E-state index contributed by atoms with van der Waals surface area (Å²) in [4.78, 5) is 19.4. The highest BCUT2D eigenvalue weighted by atomic mass is 16.4. The maximum Gasteiger partial charge on any atom is 0.307 e. The predicted octanol–water partition coefficient (Wildman–Crippen LogP) is 2.80. The van der Waals surface area contributed by atoms with Gasteiger partial charge in [-0.25, -0.2) is 4.98 Å². The van der Waals surface area contributed by atoms with Crippen molar-refractivity contribution in [1.82, 2.24) is 9.97 Å². The second-order valence-corrected chi connectivity index (χ2v) is 5.84. The van der Waals surface area contributed by atoms with Gasteiger partial charge < -0.3 is 16.2 Å². The number of unbranched alkanes of at least 4 members (excludes halogenated alkanes) is 1. The van der Waals surface area contributed by atoms with Crippen LogP contribution in [0.25, 0.3) is 0 Å². The highest BCUT2D eigenvalue weighted by Gasteiger charge is 2.11. The van der Waals surface area contributed by atoms with E-state index in [0.717, 1.165) is 47.6 Å². The molecule has 0 aliphatic carbocycles. The Hall–Kier alpha value is -2.63. The van der Waals surface area contributed by atoms with Crippen LogP contribution >= 0.6 is 0 Å². The molecular weight excluding hydrogens is 304 g/mol. The molecule has 0 fully saturated rings. The molecule has 6 nitrogen and oxygen atoms in total. The molecule has 24 heavy (non-hydrogen) atoms. The van der Waals surface area contributed by atoms with E-state index in [9.17, 15) is 4.79 Å². The Kier molecular flexibility index (Phi) is 6.12. The lowest BCUT2D eigenvalue weighted by atomic mass is 10.0. The molecule has 0 saturated carbocycles. The summed E-state index contributed by atoms with van der Waals surface area (Å²) in [6.07, 6.45) is 2.88. The van der Waals surface area contributed by atoms with Crippen molar-refractivity contribution < 1.29 is 9.90 Å². The zero-order valence-electron chi connectivity index (χ0n) is 14.2. The molecule has 4 N–H and O–H groups in total. The summed E-state index contributed by atoms with van der Waals surface area (Å²) in [6.45, 7) is 4.91. The van der Waals surface area contributed by atoms with Crippen LogP contribution in [0.15, 0.2) is 24.3 Å². The van der Waals surface area contributed by atoms with Gasteiger partial charge in [-0.15, -0.1) is 0 Å². The van der Waals surface area contributed by atoms with Gasteiger partial charge in [0.1, 0.15) is 5.82 Å². The molecule has 0 unspecified atom stereocenters. The van der Waals surface area contributed by atoms with Gasteiger partial charge >= 0.3 is 5.97 Å². The number of hydrogen-bond acceptors (Lipinski definition) is 5. The van der Waals surface area contributed by atoms with Crippen LogP contribution in [0, 0.1) is 6.92 Å². The summed E-state index contributed by atoms with van der Waals surface area (Å²) < 4.78 is 0. The van der Waals surface area contributed by atoms with Crippen molar-refractivity contribution in [2.45, 2.75) is 39.5 Å². The molecule has 0 radical (unpaired) electrons. The Balaban J connectivity index is 2.19. The third kappa shape index (κ3) is 4.94. The largest absolute Gasteiger partial charge is 0.481 e. The smallest absolute Gasteiger partial charge is 0.307 e. The molecule has 2 aromatic rings. The summed E-state index contributed by atoms with van der Waals surface area (Å²) in [5.74, 6) is 0.225. The lowest BCUT2D eigenvalue weighted by Gasteiger charge is -2.14. The Morgan fingerprint density at radius 1 is 1.21 bits per heavy atom. The van der Waals surface area contributed by atoms with E-state index in [2.05, 4.69) is 22.2 Å². The van der Waals surface area contributed by atoms with E-state index < -0.39 is 5.97 Å². The SMILES string of the molecule is CCCCNc1nc(N)nc(C)c1Cc1ccc(CC(=O)O)cc1. The number of anilines is 2. The van der Waals surface area contributed by atoms with Crippen LogP contribution < -0.4 is 11.1 Å². The van der Waals surface area contributed by atoms with Crippen molar-refractivity contribution in [2.75, 3.05) is 17.6 Å². The van der Waals surface area contributed by atoms with E-state index in [4.69, 9.17) is 10.8 Å². The second-order valence-electron chi connectivity index (χ2n) is 5.84. The number of nitrogens with two attached hydrogens (primary N) is 1. The zero-order valence-corrected chi connectivity index (χ0v) is 14.2. The first-order chi connectivity index (χ1) is 11.5. The highest BCUT2D eigenvalue weighted by Crippen LogP contribution is 2.21. The molecular formula is C18H24N4O2. The third-order valence-electron chi connectivity index (χ3n) is 3.81. The Bertz CT molecular complexity index is 699. The topological polar surface area (TPSA) is 101 Å². The minimum absolute atomic E-state index is 0.0358. The molecule has 2 rings (SSSR count). The first-order valence-corrected chi connectivity index (χ1v) is 8.16. The molecule has 1 heterocycles. The predicted molar refractivity (Wildman–Crippen MR) is 95.2 cm³/mol. The van der Waals surface area contributed by atoms with Gasteiger partial charge in [-0.3, -0.25) is 4.79 Å². The standard InChI is InChI=1S/C18H24N4O2/c1-3-4-9-20-17-15(12(2)21-18(19)22-17)10-13-5-7-14(8-6-13)11-16(23)24/h5-8H,3-4,9-11H2,1-2H3,(H,23,24)(H3,19,20,21,22). The number of carboxylic acids is 1. The summed E-state index contributed by atoms with van der Waals surface area (Å²) >= 11 is 0. The molecule has 0 bridgehead atoms. The van der Waals surface area contributed by atoms with Crippen molar-refractivity contribution in [3.05, 3.63) is 46.6 Å². The fourth-order valence-electron chi connectivity index (χ4n) is 2.51. The lowest BCUT2D eigenvalue weighted by molar-refractivity contribution is -0.136. The van der Waals surface area contributed by atoms with E-state index >= 15 is 0 Å². The van der Waals surface area contributed by atoms with Gasteiger partial charge in [0.15, 0.2) is 0 Å². The molecule has 128 valence electrons. The third-order valence-corrected chi connectivity index (χ3v) is 3.81. The van der Waals surface area contributed by atoms with E-state index in [0.29, 0.717) is 6.42 Å². The van der Waals surface area contributed by atoms with Crippen molar-refractivity contribution in [3.8, 4) is 0 Å². The maximum absolute atomic E-state index is 10.8. The Morgan fingerprint density at radius 2 is 1.88 bits per heavy atom. The van der Waals surface area contributed by atoms with Gasteiger partial charge in [0.05, 0.1) is 6.42 Å². The van der Waals surface area contributed by atoms with Gasteiger partial charge in [-0.1, -0.05) is 37.6 Å². The monoisotopic (exact) mass is 328 g/mol. The van der Waals surface area contributed by atoms with Crippen LogP contribution in [0.1, 0.15) is 42.1 Å². The molecule has 0 aliphatic rings. The number of hydrogen-bond donors (Lipinski definition) is 3. The van der Waals surface area contributed by atoms with Crippen LogP contribution in [0.3, 0.4) is 0 Å². The van der Waals surface area contributed by atoms with Crippen molar-refractivity contribution >= 4 is 17.7 Å². The number of aromatic nitrogens is 2. The van der Waals surface area contributed by atoms with Gasteiger partial charge in [0.25, 0.3) is 0 Å². The number of nitrogens with one attached hydrogen (secondary N) is 1. The minimum atomic E-state index is -0.826. The molecule has 6 heteroatoms. The number of benzene rings is 1. The number of carbonyl (C=O) groups is 1. The fraction of sp³-hybridized carbons (Fsp3) is 0.389. The van der Waals surface area contributed by atoms with Crippen LogP contribution in [-0.2, 0) is 17.6 Å². The first-order valence-electron chi connectivity index (χ1n) is 8.16. The second kappa shape index (κ2) is 8.29. The lowest BCUT2D eigenvalue weighted by Crippen LogP contribution is -2.11. The molecule has 0 aliphatic heterocycles. The van der Waals surface area contributed by atoms with Crippen LogP contribution in [0.5, 0.6) is 0 Å².